The molecule has 0 spiro atoms. The Bertz CT molecular complexity index is 402. The first kappa shape index (κ1) is 14.5. The summed E-state index contributed by atoms with van der Waals surface area (Å²) < 4.78 is 0. The summed E-state index contributed by atoms with van der Waals surface area (Å²) in [6.45, 7) is 3.65. The minimum atomic E-state index is 0.00825. The summed E-state index contributed by atoms with van der Waals surface area (Å²) in [6.07, 6.45) is 0.965. The highest BCUT2D eigenvalue weighted by Crippen LogP contribution is 2.14. The van der Waals surface area contributed by atoms with E-state index < -0.39 is 0 Å². The number of carbonyl (C=O) groups is 1. The minimum absolute atomic E-state index is 0.00825. The van der Waals surface area contributed by atoms with Crippen LogP contribution in [0.25, 0.3) is 0 Å². The highest BCUT2D eigenvalue weighted by molar-refractivity contribution is 5.96. The Labute approximate surface area is 109 Å². The molecule has 0 atom stereocenters. The number of hydrogen-bond acceptors (Lipinski definition) is 3. The van der Waals surface area contributed by atoms with E-state index in [1.807, 2.05) is 46.3 Å². The van der Waals surface area contributed by atoms with Crippen molar-refractivity contribution in [3.8, 4) is 0 Å². The molecule has 0 aliphatic heterocycles. The molecular weight excluding hydrogens is 226 g/mol. The lowest BCUT2D eigenvalue weighted by molar-refractivity contribution is 0.0951. The Morgan fingerprint density at radius 2 is 2.06 bits per heavy atom. The van der Waals surface area contributed by atoms with Gasteiger partial charge in [0.15, 0.2) is 0 Å². The fourth-order valence-electron chi connectivity index (χ4n) is 1.77. The molecule has 0 unspecified atom stereocenters. The highest BCUT2D eigenvalue weighted by Gasteiger charge is 2.08. The Kier molecular flexibility index (Phi) is 5.65. The van der Waals surface area contributed by atoms with Crippen molar-refractivity contribution < 1.29 is 4.79 Å². The average molecular weight is 249 g/mol. The van der Waals surface area contributed by atoms with Gasteiger partial charge in [-0.3, -0.25) is 4.79 Å². The van der Waals surface area contributed by atoms with Gasteiger partial charge in [0.05, 0.1) is 0 Å². The van der Waals surface area contributed by atoms with Crippen LogP contribution in [0.15, 0.2) is 18.2 Å². The molecular formula is C14H23N3O. The van der Waals surface area contributed by atoms with Crippen LogP contribution in [-0.4, -0.2) is 45.0 Å². The molecule has 18 heavy (non-hydrogen) atoms. The van der Waals surface area contributed by atoms with E-state index in [9.17, 15) is 4.79 Å². The smallest absolute Gasteiger partial charge is 0.251 e. The first-order valence-electron chi connectivity index (χ1n) is 6.26. The molecule has 0 aromatic heterocycles. The fourth-order valence-corrected chi connectivity index (χ4v) is 1.77. The van der Waals surface area contributed by atoms with Crippen LogP contribution in [0, 0.1) is 6.92 Å². The second-order valence-electron chi connectivity index (χ2n) is 4.69. The highest BCUT2D eigenvalue weighted by atomic mass is 16.1. The molecule has 0 saturated heterocycles. The van der Waals surface area contributed by atoms with Gasteiger partial charge in [0.25, 0.3) is 5.91 Å². The van der Waals surface area contributed by atoms with E-state index in [4.69, 9.17) is 0 Å². The normalized spacial score (nSPS) is 10.5. The first-order valence-corrected chi connectivity index (χ1v) is 6.26. The second-order valence-corrected chi connectivity index (χ2v) is 4.69. The van der Waals surface area contributed by atoms with E-state index in [0.717, 1.165) is 29.8 Å². The number of amides is 1. The SMILES string of the molecule is CNc1ccc(C(=O)NCCCN(C)C)c(C)c1. The minimum Gasteiger partial charge on any atom is -0.388 e. The van der Waals surface area contributed by atoms with Crippen molar-refractivity contribution in [1.29, 1.82) is 0 Å². The molecule has 1 rings (SSSR count). The molecule has 4 nitrogen and oxygen atoms in total. The van der Waals surface area contributed by atoms with Gasteiger partial charge in [0.1, 0.15) is 0 Å². The molecule has 0 aliphatic carbocycles. The van der Waals surface area contributed by atoms with Crippen LogP contribution < -0.4 is 10.6 Å². The predicted octanol–water partition coefficient (Wildman–Crippen LogP) is 1.72. The van der Waals surface area contributed by atoms with E-state index in [-0.39, 0.29) is 5.91 Å². The summed E-state index contributed by atoms with van der Waals surface area (Å²) in [5, 5.41) is 6.01. The van der Waals surface area contributed by atoms with E-state index in [1.54, 1.807) is 0 Å². The van der Waals surface area contributed by atoms with Gasteiger partial charge >= 0.3 is 0 Å². The van der Waals surface area contributed by atoms with Crippen LogP contribution in [-0.2, 0) is 0 Å². The van der Waals surface area contributed by atoms with Crippen molar-refractivity contribution in [2.24, 2.45) is 0 Å². The van der Waals surface area contributed by atoms with Crippen LogP contribution >= 0.6 is 0 Å². The molecule has 1 aromatic rings. The van der Waals surface area contributed by atoms with Gasteiger partial charge in [-0.05, 0) is 57.7 Å². The topological polar surface area (TPSA) is 44.4 Å². The summed E-state index contributed by atoms with van der Waals surface area (Å²) in [7, 11) is 5.93. The van der Waals surface area contributed by atoms with Crippen LogP contribution in [0.5, 0.6) is 0 Å². The van der Waals surface area contributed by atoms with Crippen LogP contribution in [0.1, 0.15) is 22.3 Å². The third-order valence-corrected chi connectivity index (χ3v) is 2.83. The molecule has 0 fully saturated rings. The third kappa shape index (κ3) is 4.37. The molecule has 1 aromatic carbocycles. The van der Waals surface area contributed by atoms with Crippen molar-refractivity contribution in [1.82, 2.24) is 10.2 Å². The largest absolute Gasteiger partial charge is 0.388 e. The number of hydrogen-bond donors (Lipinski definition) is 2. The zero-order chi connectivity index (χ0) is 13.5. The van der Waals surface area contributed by atoms with Gasteiger partial charge < -0.3 is 15.5 Å². The number of nitrogens with one attached hydrogen (secondary N) is 2. The number of nitrogens with zero attached hydrogens (tertiary/aromatic N) is 1. The quantitative estimate of drug-likeness (QED) is 0.755. The first-order chi connectivity index (χ1) is 8.54. The number of rotatable bonds is 6. The van der Waals surface area contributed by atoms with Crippen molar-refractivity contribution in [3.05, 3.63) is 29.3 Å². The Morgan fingerprint density at radius 3 is 2.61 bits per heavy atom. The Hall–Kier alpha value is -1.55. The van der Waals surface area contributed by atoms with Crippen LogP contribution in [0.4, 0.5) is 5.69 Å². The lowest BCUT2D eigenvalue weighted by Gasteiger charge is -2.11. The monoisotopic (exact) mass is 249 g/mol. The van der Waals surface area contributed by atoms with Gasteiger partial charge in [0, 0.05) is 24.8 Å². The lowest BCUT2D eigenvalue weighted by atomic mass is 10.1. The Balaban J connectivity index is 2.51. The van der Waals surface area contributed by atoms with Crippen molar-refractivity contribution >= 4 is 11.6 Å². The number of anilines is 1. The zero-order valence-electron chi connectivity index (χ0n) is 11.7. The van der Waals surface area contributed by atoms with Crippen molar-refractivity contribution in [2.75, 3.05) is 39.5 Å². The predicted molar refractivity (Wildman–Crippen MR) is 76.2 cm³/mol. The van der Waals surface area contributed by atoms with Gasteiger partial charge in [-0.25, -0.2) is 0 Å². The van der Waals surface area contributed by atoms with Crippen molar-refractivity contribution in [3.63, 3.8) is 0 Å². The number of benzene rings is 1. The second kappa shape index (κ2) is 7.01. The van der Waals surface area contributed by atoms with Crippen LogP contribution in [0.2, 0.25) is 0 Å². The molecule has 0 bridgehead atoms. The van der Waals surface area contributed by atoms with Gasteiger partial charge in [-0.15, -0.1) is 0 Å². The van der Waals surface area contributed by atoms with Gasteiger partial charge in [-0.1, -0.05) is 0 Å². The van der Waals surface area contributed by atoms with Gasteiger partial charge in [-0.2, -0.15) is 0 Å². The van der Waals surface area contributed by atoms with Gasteiger partial charge in [0.2, 0.25) is 0 Å². The van der Waals surface area contributed by atoms with Crippen molar-refractivity contribution in [2.45, 2.75) is 13.3 Å². The number of aryl methyl sites for hydroxylation is 1. The maximum Gasteiger partial charge on any atom is 0.251 e. The molecule has 0 aliphatic rings. The summed E-state index contributed by atoms with van der Waals surface area (Å²) in [5.74, 6) is 0.00825. The zero-order valence-corrected chi connectivity index (χ0v) is 11.7. The van der Waals surface area contributed by atoms with E-state index >= 15 is 0 Å². The van der Waals surface area contributed by atoms with E-state index in [2.05, 4.69) is 15.5 Å². The molecule has 1 amide bonds. The molecule has 0 saturated carbocycles. The van der Waals surface area contributed by atoms with E-state index in [1.165, 1.54) is 0 Å². The molecule has 0 heterocycles. The third-order valence-electron chi connectivity index (χ3n) is 2.83. The van der Waals surface area contributed by atoms with E-state index in [0.29, 0.717) is 6.54 Å². The molecule has 2 N–H and O–H groups in total. The maximum atomic E-state index is 12.0. The summed E-state index contributed by atoms with van der Waals surface area (Å²) in [6, 6.07) is 5.76. The fraction of sp³-hybridized carbons (Fsp3) is 0.500. The summed E-state index contributed by atoms with van der Waals surface area (Å²) >= 11 is 0. The standard InChI is InChI=1S/C14H23N3O/c1-11-10-12(15-2)6-7-13(11)14(18)16-8-5-9-17(3)4/h6-7,10,15H,5,8-9H2,1-4H3,(H,16,18). The summed E-state index contributed by atoms with van der Waals surface area (Å²) in [5.41, 5.74) is 2.77. The Morgan fingerprint density at radius 1 is 1.33 bits per heavy atom. The number of carbonyl (C=O) groups excluding carboxylic acids is 1. The average Bonchev–Trinajstić information content (AvgIpc) is 2.33. The molecule has 100 valence electrons. The summed E-state index contributed by atoms with van der Waals surface area (Å²) in [4.78, 5) is 14.1. The molecule has 4 heteroatoms. The maximum absolute atomic E-state index is 12.0. The lowest BCUT2D eigenvalue weighted by Crippen LogP contribution is -2.27. The molecule has 0 radical (unpaired) electrons. The van der Waals surface area contributed by atoms with Crippen LogP contribution in [0.3, 0.4) is 0 Å².